The van der Waals surface area contributed by atoms with Crippen molar-refractivity contribution in [2.45, 2.75) is 53.0 Å². The normalized spacial score (nSPS) is 11.6. The number of nitrogens with zero attached hydrogens (tertiary/aromatic N) is 1. The molecule has 2 heteroatoms. The van der Waals surface area contributed by atoms with Crippen LogP contribution in [0.3, 0.4) is 0 Å². The summed E-state index contributed by atoms with van der Waals surface area (Å²) in [5.41, 5.74) is 0. The van der Waals surface area contributed by atoms with E-state index in [4.69, 9.17) is 0 Å². The van der Waals surface area contributed by atoms with Crippen molar-refractivity contribution in [3.63, 3.8) is 0 Å². The second kappa shape index (κ2) is 9.47. The monoisotopic (exact) mass is 200 g/mol. The summed E-state index contributed by atoms with van der Waals surface area (Å²) < 4.78 is 0. The Labute approximate surface area is 90.1 Å². The Morgan fingerprint density at radius 3 is 2.21 bits per heavy atom. The summed E-state index contributed by atoms with van der Waals surface area (Å²) in [5.74, 6) is 0. The van der Waals surface area contributed by atoms with E-state index >= 15 is 0 Å². The molecule has 86 valence electrons. The summed E-state index contributed by atoms with van der Waals surface area (Å²) in [4.78, 5) is 2.56. The average molecular weight is 200 g/mol. The minimum absolute atomic E-state index is 0.695. The molecule has 0 bridgehead atoms. The van der Waals surface area contributed by atoms with E-state index in [1.807, 2.05) is 0 Å². The molecule has 14 heavy (non-hydrogen) atoms. The molecule has 0 amide bonds. The highest BCUT2D eigenvalue weighted by Crippen LogP contribution is 2.00. The minimum Gasteiger partial charge on any atom is -0.317 e. The van der Waals surface area contributed by atoms with E-state index in [1.54, 1.807) is 0 Å². The van der Waals surface area contributed by atoms with E-state index in [1.165, 1.54) is 38.9 Å². The number of hydrogen-bond acceptors (Lipinski definition) is 2. The van der Waals surface area contributed by atoms with Crippen LogP contribution in [0.1, 0.15) is 47.0 Å². The zero-order valence-corrected chi connectivity index (χ0v) is 10.5. The van der Waals surface area contributed by atoms with E-state index in [2.05, 4.69) is 37.9 Å². The molecule has 0 rings (SSSR count). The van der Waals surface area contributed by atoms with Gasteiger partial charge in [0, 0.05) is 6.04 Å². The van der Waals surface area contributed by atoms with Gasteiger partial charge in [0.05, 0.1) is 0 Å². The topological polar surface area (TPSA) is 15.3 Å². The van der Waals surface area contributed by atoms with Gasteiger partial charge < -0.3 is 10.2 Å². The van der Waals surface area contributed by atoms with Gasteiger partial charge in [-0.15, -0.1) is 0 Å². The number of nitrogens with one attached hydrogen (secondary N) is 1. The van der Waals surface area contributed by atoms with Crippen LogP contribution in [0.5, 0.6) is 0 Å². The molecular formula is C12H28N2. The summed E-state index contributed by atoms with van der Waals surface area (Å²) in [6.07, 6.45) is 3.78. The zero-order valence-electron chi connectivity index (χ0n) is 10.5. The summed E-state index contributed by atoms with van der Waals surface area (Å²) in [6.45, 7) is 13.9. The fourth-order valence-electron chi connectivity index (χ4n) is 1.62. The van der Waals surface area contributed by atoms with Crippen LogP contribution in [0, 0.1) is 0 Å². The molecule has 0 aliphatic rings. The molecule has 0 fully saturated rings. The largest absolute Gasteiger partial charge is 0.317 e. The van der Waals surface area contributed by atoms with E-state index in [0.717, 1.165) is 6.54 Å². The standard InChI is InChI=1S/C12H28N2/c1-5-8-13-9-7-11-14(10-6-2)12(3)4/h12-13H,5-11H2,1-4H3. The maximum Gasteiger partial charge on any atom is 0.00385 e. The van der Waals surface area contributed by atoms with Crippen molar-refractivity contribution < 1.29 is 0 Å². The van der Waals surface area contributed by atoms with Crippen molar-refractivity contribution in [2.24, 2.45) is 0 Å². The van der Waals surface area contributed by atoms with Crippen LogP contribution in [0.15, 0.2) is 0 Å². The molecule has 0 atom stereocenters. The fourth-order valence-corrected chi connectivity index (χ4v) is 1.62. The van der Waals surface area contributed by atoms with Gasteiger partial charge in [0.2, 0.25) is 0 Å². The van der Waals surface area contributed by atoms with E-state index in [9.17, 15) is 0 Å². The van der Waals surface area contributed by atoms with E-state index < -0.39 is 0 Å². The lowest BCUT2D eigenvalue weighted by Crippen LogP contribution is -2.34. The van der Waals surface area contributed by atoms with Crippen molar-refractivity contribution in [3.05, 3.63) is 0 Å². The second-order valence-corrected chi connectivity index (χ2v) is 4.23. The smallest absolute Gasteiger partial charge is 0.00385 e. The van der Waals surface area contributed by atoms with Crippen LogP contribution in [0.2, 0.25) is 0 Å². The molecule has 0 saturated carbocycles. The lowest BCUT2D eigenvalue weighted by Gasteiger charge is -2.25. The molecule has 0 spiro atoms. The van der Waals surface area contributed by atoms with Crippen LogP contribution in [0.25, 0.3) is 0 Å². The highest BCUT2D eigenvalue weighted by molar-refractivity contribution is 4.62. The first-order valence-electron chi connectivity index (χ1n) is 6.17. The van der Waals surface area contributed by atoms with Crippen LogP contribution < -0.4 is 5.32 Å². The first-order valence-corrected chi connectivity index (χ1v) is 6.17. The molecule has 0 radical (unpaired) electrons. The third-order valence-corrected chi connectivity index (χ3v) is 2.47. The Kier molecular flexibility index (Phi) is 9.42. The van der Waals surface area contributed by atoms with Gasteiger partial charge in [0.15, 0.2) is 0 Å². The molecule has 2 nitrogen and oxygen atoms in total. The molecule has 0 heterocycles. The second-order valence-electron chi connectivity index (χ2n) is 4.23. The quantitative estimate of drug-likeness (QED) is 0.575. The highest BCUT2D eigenvalue weighted by Gasteiger charge is 2.06. The van der Waals surface area contributed by atoms with Gasteiger partial charge in [0.1, 0.15) is 0 Å². The van der Waals surface area contributed by atoms with Gasteiger partial charge in [-0.1, -0.05) is 13.8 Å². The summed E-state index contributed by atoms with van der Waals surface area (Å²) in [6, 6.07) is 0.695. The Morgan fingerprint density at radius 1 is 1.00 bits per heavy atom. The Bertz CT molecular complexity index is 113. The summed E-state index contributed by atoms with van der Waals surface area (Å²) in [7, 11) is 0. The van der Waals surface area contributed by atoms with Crippen molar-refractivity contribution in [3.8, 4) is 0 Å². The lowest BCUT2D eigenvalue weighted by molar-refractivity contribution is 0.219. The lowest BCUT2D eigenvalue weighted by atomic mass is 10.2. The molecule has 0 aromatic heterocycles. The van der Waals surface area contributed by atoms with Crippen LogP contribution in [0.4, 0.5) is 0 Å². The third kappa shape index (κ3) is 7.34. The van der Waals surface area contributed by atoms with E-state index in [0.29, 0.717) is 6.04 Å². The van der Waals surface area contributed by atoms with Gasteiger partial charge in [-0.05, 0) is 59.3 Å². The predicted octanol–water partition coefficient (Wildman–Crippen LogP) is 2.50. The summed E-state index contributed by atoms with van der Waals surface area (Å²) in [5, 5.41) is 3.44. The SMILES string of the molecule is CCCNCCCN(CCC)C(C)C. The van der Waals surface area contributed by atoms with Gasteiger partial charge >= 0.3 is 0 Å². The van der Waals surface area contributed by atoms with Gasteiger partial charge in [-0.2, -0.15) is 0 Å². The van der Waals surface area contributed by atoms with Crippen molar-refractivity contribution in [1.29, 1.82) is 0 Å². The molecule has 0 aromatic carbocycles. The molecule has 0 saturated heterocycles. The van der Waals surface area contributed by atoms with Gasteiger partial charge in [-0.25, -0.2) is 0 Å². The van der Waals surface area contributed by atoms with Crippen LogP contribution in [-0.4, -0.2) is 37.1 Å². The molecule has 0 aliphatic carbocycles. The molecule has 1 N–H and O–H groups in total. The zero-order chi connectivity index (χ0) is 10.8. The first-order chi connectivity index (χ1) is 6.72. The van der Waals surface area contributed by atoms with Crippen molar-refractivity contribution in [1.82, 2.24) is 10.2 Å². The van der Waals surface area contributed by atoms with Gasteiger partial charge in [-0.3, -0.25) is 0 Å². The fraction of sp³-hybridized carbons (Fsp3) is 1.00. The number of hydrogen-bond donors (Lipinski definition) is 1. The minimum atomic E-state index is 0.695. The van der Waals surface area contributed by atoms with Crippen molar-refractivity contribution >= 4 is 0 Å². The Hall–Kier alpha value is -0.0800. The Balaban J connectivity index is 3.41. The third-order valence-electron chi connectivity index (χ3n) is 2.47. The van der Waals surface area contributed by atoms with E-state index in [-0.39, 0.29) is 0 Å². The molecule has 0 unspecified atom stereocenters. The summed E-state index contributed by atoms with van der Waals surface area (Å²) >= 11 is 0. The van der Waals surface area contributed by atoms with Crippen molar-refractivity contribution in [2.75, 3.05) is 26.2 Å². The molecule has 0 aromatic rings. The first kappa shape index (κ1) is 13.9. The predicted molar refractivity (Wildman–Crippen MR) is 64.8 cm³/mol. The van der Waals surface area contributed by atoms with Crippen LogP contribution in [-0.2, 0) is 0 Å². The maximum atomic E-state index is 3.44. The Morgan fingerprint density at radius 2 is 1.71 bits per heavy atom. The highest BCUT2D eigenvalue weighted by atomic mass is 15.1. The molecular weight excluding hydrogens is 172 g/mol. The number of rotatable bonds is 9. The van der Waals surface area contributed by atoms with Gasteiger partial charge in [0.25, 0.3) is 0 Å². The maximum absolute atomic E-state index is 3.44. The average Bonchev–Trinajstić information content (AvgIpc) is 2.15. The molecule has 0 aliphatic heterocycles. The van der Waals surface area contributed by atoms with Crippen LogP contribution >= 0.6 is 0 Å².